The second-order valence-corrected chi connectivity index (χ2v) is 2.28. The Morgan fingerprint density at radius 1 is 1.69 bits per heavy atom. The fourth-order valence-corrected chi connectivity index (χ4v) is 0.531. The molecule has 1 atom stereocenters. The Balaban J connectivity index is 3.61. The molecule has 6 nitrogen and oxygen atoms in total. The summed E-state index contributed by atoms with van der Waals surface area (Å²) in [6.45, 7) is 2.81. The Kier molecular flexibility index (Phi) is 5.49. The first kappa shape index (κ1) is 11.6. The second-order valence-electron chi connectivity index (χ2n) is 2.28. The van der Waals surface area contributed by atoms with Crippen molar-refractivity contribution in [1.82, 2.24) is 5.48 Å². The molecule has 1 unspecified atom stereocenters. The molecular formula is C7H12N2O4. The van der Waals surface area contributed by atoms with Gasteiger partial charge in [0.25, 0.3) is 5.91 Å². The van der Waals surface area contributed by atoms with Gasteiger partial charge in [0, 0.05) is 0 Å². The minimum absolute atomic E-state index is 0.308. The van der Waals surface area contributed by atoms with Gasteiger partial charge in [0.05, 0.1) is 6.04 Å². The number of aliphatic carboxylic acids is 1. The molecule has 0 spiro atoms. The van der Waals surface area contributed by atoms with Crippen molar-refractivity contribution in [3.63, 3.8) is 0 Å². The van der Waals surface area contributed by atoms with Gasteiger partial charge in [0.15, 0.2) is 6.61 Å². The predicted octanol–water partition coefficient (Wildman–Crippen LogP) is -0.978. The van der Waals surface area contributed by atoms with Gasteiger partial charge in [-0.3, -0.25) is 9.63 Å². The summed E-state index contributed by atoms with van der Waals surface area (Å²) in [5, 5.41) is 8.14. The van der Waals surface area contributed by atoms with E-state index >= 15 is 0 Å². The van der Waals surface area contributed by atoms with E-state index in [-0.39, 0.29) is 0 Å². The van der Waals surface area contributed by atoms with E-state index in [1.165, 1.54) is 6.08 Å². The van der Waals surface area contributed by atoms with Crippen molar-refractivity contribution < 1.29 is 19.5 Å². The molecule has 13 heavy (non-hydrogen) atoms. The lowest BCUT2D eigenvalue weighted by atomic mass is 10.2. The highest BCUT2D eigenvalue weighted by Crippen LogP contribution is 1.88. The van der Waals surface area contributed by atoms with Crippen LogP contribution in [-0.4, -0.2) is 29.6 Å². The molecule has 0 fully saturated rings. The summed E-state index contributed by atoms with van der Waals surface area (Å²) < 4.78 is 0. The van der Waals surface area contributed by atoms with Crippen LogP contribution in [-0.2, 0) is 14.4 Å². The monoisotopic (exact) mass is 188 g/mol. The fourth-order valence-electron chi connectivity index (χ4n) is 0.531. The lowest BCUT2D eigenvalue weighted by Gasteiger charge is -2.08. The van der Waals surface area contributed by atoms with Gasteiger partial charge in [-0.05, 0) is 6.42 Å². The average Bonchev–Trinajstić information content (AvgIpc) is 2.04. The molecule has 0 aromatic heterocycles. The number of nitrogens with two attached hydrogens (primary N) is 1. The molecule has 4 N–H and O–H groups in total. The minimum atomic E-state index is -1.17. The van der Waals surface area contributed by atoms with E-state index in [1.807, 2.05) is 5.48 Å². The Bertz CT molecular complexity index is 205. The number of nitrogens with one attached hydrogen (secondary N) is 1. The summed E-state index contributed by atoms with van der Waals surface area (Å²) >= 11 is 0. The number of hydroxylamine groups is 1. The third kappa shape index (κ3) is 5.83. The summed E-state index contributed by atoms with van der Waals surface area (Å²) in [6, 6.07) is -0.758. The van der Waals surface area contributed by atoms with Crippen LogP contribution >= 0.6 is 0 Å². The molecule has 0 aliphatic rings. The van der Waals surface area contributed by atoms with Crippen molar-refractivity contribution in [2.75, 3.05) is 6.61 Å². The van der Waals surface area contributed by atoms with Crippen LogP contribution in [0.4, 0.5) is 0 Å². The van der Waals surface area contributed by atoms with E-state index in [1.54, 1.807) is 0 Å². The van der Waals surface area contributed by atoms with E-state index in [2.05, 4.69) is 11.4 Å². The van der Waals surface area contributed by atoms with Crippen LogP contribution in [0.1, 0.15) is 6.42 Å². The summed E-state index contributed by atoms with van der Waals surface area (Å²) in [5.41, 5.74) is 7.24. The van der Waals surface area contributed by atoms with Gasteiger partial charge in [-0.2, -0.15) is 0 Å². The van der Waals surface area contributed by atoms with Gasteiger partial charge >= 0.3 is 5.97 Å². The van der Waals surface area contributed by atoms with Crippen molar-refractivity contribution in [3.05, 3.63) is 12.7 Å². The summed E-state index contributed by atoms with van der Waals surface area (Å²) in [5.74, 6) is -1.74. The Morgan fingerprint density at radius 2 is 2.31 bits per heavy atom. The quantitative estimate of drug-likeness (QED) is 0.367. The fraction of sp³-hybridized carbons (Fsp3) is 0.429. The highest BCUT2D eigenvalue weighted by Gasteiger charge is 2.11. The topological polar surface area (TPSA) is 102 Å². The van der Waals surface area contributed by atoms with Crippen LogP contribution in [0.25, 0.3) is 0 Å². The van der Waals surface area contributed by atoms with Gasteiger partial charge in [-0.25, -0.2) is 10.3 Å². The molecule has 1 amide bonds. The zero-order valence-corrected chi connectivity index (χ0v) is 7.03. The first-order valence-corrected chi connectivity index (χ1v) is 3.57. The van der Waals surface area contributed by atoms with Crippen LogP contribution < -0.4 is 11.2 Å². The number of carbonyl (C=O) groups excluding carboxylic acids is 1. The number of hydrogen-bond donors (Lipinski definition) is 3. The van der Waals surface area contributed by atoms with Crippen molar-refractivity contribution in [1.29, 1.82) is 0 Å². The lowest BCUT2D eigenvalue weighted by Crippen LogP contribution is -2.40. The molecule has 0 aliphatic heterocycles. The summed E-state index contributed by atoms with van der Waals surface area (Å²) in [4.78, 5) is 25.2. The van der Waals surface area contributed by atoms with Crippen LogP contribution in [0.5, 0.6) is 0 Å². The number of amides is 1. The molecule has 0 saturated carbocycles. The van der Waals surface area contributed by atoms with Crippen molar-refractivity contribution >= 4 is 11.9 Å². The molecule has 0 aliphatic carbocycles. The highest BCUT2D eigenvalue weighted by molar-refractivity contribution is 5.80. The Labute approximate surface area is 75.3 Å². The molecule has 6 heteroatoms. The minimum Gasteiger partial charge on any atom is -0.479 e. The molecule has 0 saturated heterocycles. The zero-order valence-electron chi connectivity index (χ0n) is 7.03. The van der Waals surface area contributed by atoms with Gasteiger partial charge in [-0.1, -0.05) is 6.08 Å². The largest absolute Gasteiger partial charge is 0.479 e. The number of rotatable bonds is 6. The smallest absolute Gasteiger partial charge is 0.332 e. The average molecular weight is 188 g/mol. The molecule has 0 bridgehead atoms. The molecule has 74 valence electrons. The van der Waals surface area contributed by atoms with Crippen LogP contribution in [0.15, 0.2) is 12.7 Å². The van der Waals surface area contributed by atoms with E-state index in [0.717, 1.165) is 0 Å². The standard InChI is InChI=1S/C7H12N2O4/c1-2-3-5(8)7(12)9-13-4-6(10)11/h2,5H,1,3-4,8H2,(H,9,12)(H,10,11). The Hall–Kier alpha value is -1.40. The van der Waals surface area contributed by atoms with Crippen LogP contribution in [0.2, 0.25) is 0 Å². The lowest BCUT2D eigenvalue weighted by molar-refractivity contribution is -0.149. The second kappa shape index (κ2) is 6.15. The normalized spacial score (nSPS) is 11.8. The van der Waals surface area contributed by atoms with Crippen molar-refractivity contribution in [2.24, 2.45) is 5.73 Å². The van der Waals surface area contributed by atoms with Gasteiger partial charge in [0.2, 0.25) is 0 Å². The summed E-state index contributed by atoms with van der Waals surface area (Å²) in [6.07, 6.45) is 1.80. The molecule has 0 rings (SSSR count). The summed E-state index contributed by atoms with van der Waals surface area (Å²) in [7, 11) is 0. The molecule has 0 radical (unpaired) electrons. The van der Waals surface area contributed by atoms with E-state index in [9.17, 15) is 9.59 Å². The maximum absolute atomic E-state index is 10.9. The predicted molar refractivity (Wildman–Crippen MR) is 44.5 cm³/mol. The number of carboxylic acids is 1. The molecule has 0 heterocycles. The van der Waals surface area contributed by atoms with E-state index in [4.69, 9.17) is 10.8 Å². The maximum Gasteiger partial charge on any atom is 0.332 e. The third-order valence-electron chi connectivity index (χ3n) is 1.13. The van der Waals surface area contributed by atoms with Crippen molar-refractivity contribution in [3.8, 4) is 0 Å². The highest BCUT2D eigenvalue weighted by atomic mass is 16.7. The SMILES string of the molecule is C=CCC(N)C(=O)NOCC(=O)O. The number of carbonyl (C=O) groups is 2. The number of hydrogen-bond acceptors (Lipinski definition) is 4. The first-order chi connectivity index (χ1) is 6.07. The van der Waals surface area contributed by atoms with E-state index in [0.29, 0.717) is 6.42 Å². The van der Waals surface area contributed by atoms with Crippen LogP contribution in [0, 0.1) is 0 Å². The Morgan fingerprint density at radius 3 is 2.77 bits per heavy atom. The molecule has 0 aromatic rings. The van der Waals surface area contributed by atoms with Gasteiger partial charge in [-0.15, -0.1) is 6.58 Å². The number of carboxylic acid groups (broad SMARTS) is 1. The first-order valence-electron chi connectivity index (χ1n) is 3.57. The molecular weight excluding hydrogens is 176 g/mol. The third-order valence-corrected chi connectivity index (χ3v) is 1.13. The van der Waals surface area contributed by atoms with Gasteiger partial charge < -0.3 is 10.8 Å². The maximum atomic E-state index is 10.9. The molecule has 0 aromatic carbocycles. The van der Waals surface area contributed by atoms with Gasteiger partial charge in [0.1, 0.15) is 0 Å². The zero-order chi connectivity index (χ0) is 10.3. The van der Waals surface area contributed by atoms with Crippen molar-refractivity contribution in [2.45, 2.75) is 12.5 Å². The van der Waals surface area contributed by atoms with Crippen LogP contribution in [0.3, 0.4) is 0 Å². The van der Waals surface area contributed by atoms with E-state index < -0.39 is 24.5 Å².